The van der Waals surface area contributed by atoms with Gasteiger partial charge < -0.3 is 26.8 Å². The quantitative estimate of drug-likeness (QED) is 0.363. The fourth-order valence-corrected chi connectivity index (χ4v) is 1.63. The van der Waals surface area contributed by atoms with Crippen LogP contribution in [0.2, 0.25) is 0 Å². The van der Waals surface area contributed by atoms with Crippen LogP contribution in [-0.2, 0) is 0 Å². The van der Waals surface area contributed by atoms with Crippen LogP contribution in [-0.4, -0.2) is 46.2 Å². The van der Waals surface area contributed by atoms with Crippen LogP contribution in [0.25, 0.3) is 0 Å². The lowest BCUT2D eigenvalue weighted by Gasteiger charge is -2.20. The molecule has 0 spiro atoms. The summed E-state index contributed by atoms with van der Waals surface area (Å²) in [6.45, 7) is 2.08. The lowest BCUT2D eigenvalue weighted by Crippen LogP contribution is -2.35. The predicted molar refractivity (Wildman–Crippen MR) is 63.8 cm³/mol. The molecule has 0 saturated heterocycles. The van der Waals surface area contributed by atoms with Crippen LogP contribution in [0.1, 0.15) is 39.0 Å². The summed E-state index contributed by atoms with van der Waals surface area (Å²) in [6, 6.07) is -0.193. The minimum atomic E-state index is -0.874. The van der Waals surface area contributed by atoms with Gasteiger partial charge in [0.15, 0.2) is 0 Å². The molecule has 0 aliphatic rings. The summed E-state index contributed by atoms with van der Waals surface area (Å²) in [6.07, 6.45) is 1.17. The molecule has 16 heavy (non-hydrogen) atoms. The Kier molecular flexibility index (Phi) is 8.78. The molecule has 0 radical (unpaired) electrons. The summed E-state index contributed by atoms with van der Waals surface area (Å²) >= 11 is 0. The molecule has 0 aromatic carbocycles. The van der Waals surface area contributed by atoms with E-state index in [1.807, 2.05) is 6.92 Å². The van der Waals surface area contributed by atoms with E-state index < -0.39 is 18.3 Å². The number of nitrogens with two attached hydrogens (primary N) is 2. The Balaban J connectivity index is 3.64. The first-order valence-corrected chi connectivity index (χ1v) is 6.02. The number of aliphatic hydroxyl groups is 3. The largest absolute Gasteiger partial charge is 0.392 e. The van der Waals surface area contributed by atoms with E-state index in [-0.39, 0.29) is 12.6 Å². The summed E-state index contributed by atoms with van der Waals surface area (Å²) in [5.41, 5.74) is 11.0. The topological polar surface area (TPSA) is 113 Å². The van der Waals surface area contributed by atoms with E-state index in [4.69, 9.17) is 11.5 Å². The van der Waals surface area contributed by atoms with Crippen LogP contribution in [0, 0.1) is 0 Å². The first-order chi connectivity index (χ1) is 7.52. The van der Waals surface area contributed by atoms with Crippen molar-refractivity contribution in [2.45, 2.75) is 63.4 Å². The summed E-state index contributed by atoms with van der Waals surface area (Å²) in [4.78, 5) is 0. The maximum atomic E-state index is 9.66. The maximum absolute atomic E-state index is 9.66. The molecule has 0 aromatic rings. The SMILES string of the molecule is CCCC(N)C(O)CCCC(O)C(O)CN. The Morgan fingerprint density at radius 2 is 1.50 bits per heavy atom. The Hall–Kier alpha value is -0.200. The van der Waals surface area contributed by atoms with Crippen LogP contribution in [0.15, 0.2) is 0 Å². The van der Waals surface area contributed by atoms with Crippen LogP contribution in [0.5, 0.6) is 0 Å². The summed E-state index contributed by atoms with van der Waals surface area (Å²) in [7, 11) is 0. The van der Waals surface area contributed by atoms with Gasteiger partial charge in [0.1, 0.15) is 0 Å². The van der Waals surface area contributed by atoms with E-state index in [0.29, 0.717) is 19.3 Å². The van der Waals surface area contributed by atoms with Crippen molar-refractivity contribution in [2.24, 2.45) is 11.5 Å². The lowest BCUT2D eigenvalue weighted by molar-refractivity contribution is 0.0159. The molecule has 0 amide bonds. The van der Waals surface area contributed by atoms with Gasteiger partial charge >= 0.3 is 0 Å². The Morgan fingerprint density at radius 1 is 0.938 bits per heavy atom. The molecule has 0 aliphatic heterocycles. The summed E-state index contributed by atoms with van der Waals surface area (Å²) < 4.78 is 0. The molecule has 7 N–H and O–H groups in total. The second-order valence-corrected chi connectivity index (χ2v) is 4.32. The average molecular weight is 234 g/mol. The standard InChI is InChI=1S/C11H26N2O3/c1-2-4-8(13)9(14)5-3-6-10(15)11(16)7-12/h8-11,14-16H,2-7,12-13H2,1H3. The van der Waals surface area contributed by atoms with Crippen LogP contribution >= 0.6 is 0 Å². The zero-order valence-corrected chi connectivity index (χ0v) is 10.0. The highest BCUT2D eigenvalue weighted by Gasteiger charge is 2.17. The highest BCUT2D eigenvalue weighted by atomic mass is 16.3. The molecular formula is C11H26N2O3. The maximum Gasteiger partial charge on any atom is 0.0920 e. The van der Waals surface area contributed by atoms with Crippen LogP contribution in [0.4, 0.5) is 0 Å². The molecule has 5 nitrogen and oxygen atoms in total. The summed E-state index contributed by atoms with van der Waals surface area (Å²) in [5, 5.41) is 28.3. The molecule has 4 atom stereocenters. The van der Waals surface area contributed by atoms with E-state index in [1.54, 1.807) is 0 Å². The van der Waals surface area contributed by atoms with Gasteiger partial charge in [-0.3, -0.25) is 0 Å². The van der Waals surface area contributed by atoms with Gasteiger partial charge in [-0.25, -0.2) is 0 Å². The first-order valence-electron chi connectivity index (χ1n) is 6.02. The zero-order chi connectivity index (χ0) is 12.6. The predicted octanol–water partition coefficient (Wildman–Crippen LogP) is -0.674. The Bertz CT molecular complexity index is 169. The fourth-order valence-electron chi connectivity index (χ4n) is 1.63. The molecule has 0 fully saturated rings. The smallest absolute Gasteiger partial charge is 0.0920 e. The highest BCUT2D eigenvalue weighted by Crippen LogP contribution is 2.10. The van der Waals surface area contributed by atoms with Gasteiger partial charge in [-0.05, 0) is 25.7 Å². The van der Waals surface area contributed by atoms with Crippen molar-refractivity contribution in [3.05, 3.63) is 0 Å². The number of rotatable bonds is 9. The molecular weight excluding hydrogens is 208 g/mol. The second-order valence-electron chi connectivity index (χ2n) is 4.32. The van der Waals surface area contributed by atoms with Crippen LogP contribution in [0.3, 0.4) is 0 Å². The first kappa shape index (κ1) is 15.8. The van der Waals surface area contributed by atoms with Crippen molar-refractivity contribution in [1.29, 1.82) is 0 Å². The highest BCUT2D eigenvalue weighted by molar-refractivity contribution is 4.73. The second kappa shape index (κ2) is 8.90. The van der Waals surface area contributed by atoms with Gasteiger partial charge in [0.2, 0.25) is 0 Å². The Labute approximate surface area is 97.5 Å². The van der Waals surface area contributed by atoms with Gasteiger partial charge in [-0.1, -0.05) is 13.3 Å². The minimum absolute atomic E-state index is 0.0546. The minimum Gasteiger partial charge on any atom is -0.392 e. The van der Waals surface area contributed by atoms with Crippen LogP contribution < -0.4 is 11.5 Å². The molecule has 4 unspecified atom stereocenters. The van der Waals surface area contributed by atoms with Crippen molar-refractivity contribution in [2.75, 3.05) is 6.54 Å². The fraction of sp³-hybridized carbons (Fsp3) is 1.00. The molecule has 0 aliphatic carbocycles. The molecule has 0 saturated carbocycles. The summed E-state index contributed by atoms with van der Waals surface area (Å²) in [5.74, 6) is 0. The molecule has 0 heterocycles. The number of aliphatic hydroxyl groups excluding tert-OH is 3. The van der Waals surface area contributed by atoms with Gasteiger partial charge in [0, 0.05) is 12.6 Å². The van der Waals surface area contributed by atoms with Crippen molar-refractivity contribution in [1.82, 2.24) is 0 Å². The van der Waals surface area contributed by atoms with Gasteiger partial charge in [0.25, 0.3) is 0 Å². The third-order valence-electron chi connectivity index (χ3n) is 2.80. The van der Waals surface area contributed by atoms with Crippen molar-refractivity contribution in [3.8, 4) is 0 Å². The van der Waals surface area contributed by atoms with Crippen molar-refractivity contribution >= 4 is 0 Å². The van der Waals surface area contributed by atoms with Gasteiger partial charge in [-0.2, -0.15) is 0 Å². The number of hydrogen-bond acceptors (Lipinski definition) is 5. The van der Waals surface area contributed by atoms with E-state index in [0.717, 1.165) is 12.8 Å². The monoisotopic (exact) mass is 234 g/mol. The average Bonchev–Trinajstić information content (AvgIpc) is 2.27. The van der Waals surface area contributed by atoms with E-state index in [1.165, 1.54) is 0 Å². The number of hydrogen-bond donors (Lipinski definition) is 5. The normalized spacial score (nSPS) is 19.1. The Morgan fingerprint density at radius 3 is 2.00 bits per heavy atom. The van der Waals surface area contributed by atoms with Crippen molar-refractivity contribution in [3.63, 3.8) is 0 Å². The lowest BCUT2D eigenvalue weighted by atomic mass is 9.99. The van der Waals surface area contributed by atoms with Gasteiger partial charge in [0.05, 0.1) is 18.3 Å². The molecule has 0 bridgehead atoms. The van der Waals surface area contributed by atoms with E-state index >= 15 is 0 Å². The van der Waals surface area contributed by atoms with Crippen molar-refractivity contribution < 1.29 is 15.3 Å². The zero-order valence-electron chi connectivity index (χ0n) is 10.0. The third kappa shape index (κ3) is 6.40. The molecule has 98 valence electrons. The van der Waals surface area contributed by atoms with E-state index in [9.17, 15) is 15.3 Å². The third-order valence-corrected chi connectivity index (χ3v) is 2.80. The van der Waals surface area contributed by atoms with Gasteiger partial charge in [-0.15, -0.1) is 0 Å². The van der Waals surface area contributed by atoms with E-state index in [2.05, 4.69) is 0 Å². The molecule has 0 aromatic heterocycles. The molecule has 5 heteroatoms. The molecule has 0 rings (SSSR count).